The van der Waals surface area contributed by atoms with Gasteiger partial charge >= 0.3 is 52.6 Å². The SMILES string of the molecule is Cc1cc([C@@H]2O[C@H](CO)C(O)[C@@H]2O)c[nH]c1=O.Cc1cc([C@@H]2O[C@H](COP(=O)(Cl)Cl)C(O)[C@@H]2O)c[nH]c1=O.Cc1cc([C@@H]2O[C@H](COP(=O)(O)OP(=O)(O)OP(=O)(O)O)C(O)[C@@H]2O)c[nH]c1=O.Cc1cc([C@@H]2O[C@H](COP3(=O)CP(=O)(O)OP(=O)(O)O3)C(O)[C@@H]2O)c[nH]c1=O. The van der Waals surface area contributed by atoms with E-state index in [4.69, 9.17) is 70.3 Å². The number of ether oxygens (including phenoxy) is 4. The van der Waals surface area contributed by atoms with Crippen LogP contribution in [0.4, 0.5) is 0 Å². The fourth-order valence-corrected chi connectivity index (χ4v) is 19.9. The van der Waals surface area contributed by atoms with Crippen LogP contribution in [0.25, 0.3) is 0 Å². The van der Waals surface area contributed by atoms with Gasteiger partial charge in [-0.3, -0.25) is 37.4 Å². The number of aromatic nitrogens is 4. The maximum Gasteiger partial charge on any atom is 0.490 e. The number of rotatable bonds is 18. The summed E-state index contributed by atoms with van der Waals surface area (Å²) in [5.74, 6) is -1.17. The van der Waals surface area contributed by atoms with Crippen LogP contribution >= 0.6 is 75.0 Å². The zero-order chi connectivity index (χ0) is 71.5. The van der Waals surface area contributed by atoms with E-state index in [0.717, 1.165) is 0 Å². The van der Waals surface area contributed by atoms with E-state index in [1.165, 1.54) is 50.8 Å². The molecule has 9 rings (SSSR count). The predicted octanol–water partition coefficient (Wildman–Crippen LogP) is -0.182. The highest BCUT2D eigenvalue weighted by molar-refractivity contribution is 8.05. The summed E-state index contributed by atoms with van der Waals surface area (Å²) >= 11 is 10.5. The van der Waals surface area contributed by atoms with Crippen LogP contribution in [0.2, 0.25) is 0 Å². The molecule has 19 N–H and O–H groups in total. The van der Waals surface area contributed by atoms with Crippen LogP contribution in [0.3, 0.4) is 0 Å². The van der Waals surface area contributed by atoms with Crippen molar-refractivity contribution < 1.29 is 157 Å². The molecule has 9 unspecified atom stereocenters. The van der Waals surface area contributed by atoms with Crippen molar-refractivity contribution in [3.8, 4) is 0 Å². The van der Waals surface area contributed by atoms with Gasteiger partial charge in [0.1, 0.15) is 97.7 Å². The molecule has 4 aromatic rings. The molecule has 5 fully saturated rings. The van der Waals surface area contributed by atoms with Gasteiger partial charge in [0, 0.05) is 69.3 Å². The van der Waals surface area contributed by atoms with E-state index in [1.807, 2.05) is 0 Å². The van der Waals surface area contributed by atoms with Gasteiger partial charge in [-0.1, -0.05) is 0 Å². The lowest BCUT2D eigenvalue weighted by atomic mass is 10.0. The van der Waals surface area contributed by atoms with Crippen LogP contribution in [-0.4, -0.2) is 201 Å². The number of H-pyrrole nitrogens is 4. The van der Waals surface area contributed by atoms with E-state index >= 15 is 0 Å². The summed E-state index contributed by atoms with van der Waals surface area (Å²) in [6.07, 6.45) is -17.4. The first-order chi connectivity index (χ1) is 43.6. The number of halogens is 2. The smallest absolute Gasteiger partial charge is 0.394 e. The first-order valence-electron chi connectivity index (χ1n) is 26.8. The lowest BCUT2D eigenvalue weighted by Gasteiger charge is -2.28. The van der Waals surface area contributed by atoms with Crippen molar-refractivity contribution in [3.05, 3.63) is 135 Å². The molecule has 0 radical (unpaired) electrons. The summed E-state index contributed by atoms with van der Waals surface area (Å²) in [7, 11) is -30.9. The van der Waals surface area contributed by atoms with Gasteiger partial charge in [-0.2, -0.15) is 8.62 Å². The Hall–Kier alpha value is -3.05. The molecule has 95 heavy (non-hydrogen) atoms. The molecule has 9 heterocycles. The van der Waals surface area contributed by atoms with Crippen LogP contribution in [0, 0.1) is 27.7 Å². The van der Waals surface area contributed by atoms with E-state index in [2.05, 4.69) is 41.7 Å². The van der Waals surface area contributed by atoms with Gasteiger partial charge < -0.3 is 123 Å². The number of aromatic amines is 4. The van der Waals surface area contributed by atoms with E-state index in [-0.39, 0.29) is 41.0 Å². The molecule has 5 aliphatic heterocycles. The fraction of sp³-hybridized carbons (Fsp3) is 0.556. The standard InChI is InChI=1S/C12H18NO12P3.C11H14Cl2NO6P.C11H18NO14P3.C11H15NO5/c1-6-2-7(3-13-12(6)16)11-10(15)9(14)8(23-11)4-22-27(19)5-26(17,18)24-28(20,21)25-27;1-5-2-6(3-14-11(5)17)10-9(16)8(15)7(20-10)4-19-21(12,13)18;1-5-2-6(3-12-11(5)15)10-9(14)8(13)7(24-10)4-23-28(19,20)26-29(21,22)25-27(16,17)18;1-5-2-6(3-12-11(5)16)10-9(15)8(14)7(4-13)17-10/h2-3,8-11,14-15H,4-5H2,1H3,(H,13,16)(H,17,18)(H,20,21);2-3,7-10,15-16H,4H2,1H3,(H,14,17);2-3,7-10,13-14H,4H2,1H3,(H,12,15)(H,19,20)(H,21,22)(H2,16,17,18);2-3,7-10,13-15H,4H2,1H3,(H,12,16)/t8-,9?,10+,11+,27?;3*7-,8?,9+,10+/m1111/s1. The zero-order valence-corrected chi connectivity index (χ0v) is 56.7. The zero-order valence-electron chi connectivity index (χ0n) is 49.0. The monoisotopic (exact) mass is 1540 g/mol. The minimum atomic E-state index is -5.68. The van der Waals surface area contributed by atoms with Crippen molar-refractivity contribution in [3.63, 3.8) is 0 Å². The quantitative estimate of drug-likeness (QED) is 0.0575. The normalized spacial score (nSPS) is 34.4. The number of aryl methyl sites for hydroxylation is 4. The number of phosphoric acid groups is 4. The minimum Gasteiger partial charge on any atom is -0.394 e. The van der Waals surface area contributed by atoms with Gasteiger partial charge in [0.25, 0.3) is 22.2 Å². The van der Waals surface area contributed by atoms with Crippen molar-refractivity contribution >= 4 is 75.0 Å². The molecule has 0 amide bonds. The summed E-state index contributed by atoms with van der Waals surface area (Å²) in [4.78, 5) is 109. The number of aliphatic hydroxyl groups is 9. The third kappa shape index (κ3) is 22.5. The summed E-state index contributed by atoms with van der Waals surface area (Å²) in [6, 6.07) is 6.00. The molecule has 0 saturated carbocycles. The Morgan fingerprint density at radius 3 is 1.09 bits per heavy atom. The maximum atomic E-state index is 12.4. The van der Waals surface area contributed by atoms with Gasteiger partial charge in [-0.05, 0) is 74.4 Å². The molecule has 4 aromatic heterocycles. The van der Waals surface area contributed by atoms with Crippen molar-refractivity contribution in [2.24, 2.45) is 0 Å². The first-order valence-corrected chi connectivity index (χ1v) is 39.8. The number of phosphoric ester groups is 1. The van der Waals surface area contributed by atoms with E-state index in [1.54, 1.807) is 26.0 Å². The van der Waals surface area contributed by atoms with Gasteiger partial charge in [0.15, 0.2) is 5.90 Å². The molecule has 0 aromatic carbocycles. The highest BCUT2D eigenvalue weighted by Crippen LogP contribution is 2.79. The molecule has 0 bridgehead atoms. The predicted molar refractivity (Wildman–Crippen MR) is 318 cm³/mol. The molecule has 41 nitrogen and oxygen atoms in total. The largest absolute Gasteiger partial charge is 0.490 e. The second-order valence-electron chi connectivity index (χ2n) is 21.2. The molecule has 21 atom stereocenters. The van der Waals surface area contributed by atoms with Crippen molar-refractivity contribution in [1.29, 1.82) is 0 Å². The van der Waals surface area contributed by atoms with Gasteiger partial charge in [0.2, 0.25) is 0 Å². The molecule has 5 saturated heterocycles. The topological polar surface area (TPSA) is 656 Å². The van der Waals surface area contributed by atoms with Crippen molar-refractivity contribution in [1.82, 2.24) is 19.9 Å². The Balaban J connectivity index is 0.000000204. The summed E-state index contributed by atoms with van der Waals surface area (Å²) < 4.78 is 131. The number of nitrogens with one attached hydrogen (secondary N) is 4. The number of hydrogen-bond donors (Lipinski definition) is 19. The van der Waals surface area contributed by atoms with Crippen molar-refractivity contribution in [2.75, 3.05) is 32.3 Å². The third-order valence-corrected chi connectivity index (χ3v) is 25.7. The van der Waals surface area contributed by atoms with Gasteiger partial charge in [0.05, 0.1) is 26.4 Å². The number of hydrogen-bond acceptors (Lipinski definition) is 31. The fourth-order valence-electron chi connectivity index (χ4n) is 9.28. The first kappa shape index (κ1) is 80.9. The van der Waals surface area contributed by atoms with Gasteiger partial charge in [-0.15, -0.1) is 0 Å². The van der Waals surface area contributed by atoms with Crippen LogP contribution in [-0.2, 0) is 81.7 Å². The van der Waals surface area contributed by atoms with E-state index < -0.39 is 169 Å². The lowest BCUT2D eigenvalue weighted by Crippen LogP contribution is -2.33. The summed E-state index contributed by atoms with van der Waals surface area (Å²) in [5.41, 5.74) is 2.13. The highest BCUT2D eigenvalue weighted by Gasteiger charge is 2.54. The summed E-state index contributed by atoms with van der Waals surface area (Å²) in [6.45, 7) is 3.97. The van der Waals surface area contributed by atoms with E-state index in [0.29, 0.717) is 38.9 Å². The second kappa shape index (κ2) is 32.3. The van der Waals surface area contributed by atoms with Crippen LogP contribution in [0.5, 0.6) is 0 Å². The second-order valence-corrected chi connectivity index (χ2v) is 36.0. The van der Waals surface area contributed by atoms with Crippen LogP contribution < -0.4 is 22.2 Å². The van der Waals surface area contributed by atoms with Gasteiger partial charge in [-0.25, -0.2) is 26.9 Å². The Labute approximate surface area is 542 Å². The third-order valence-electron chi connectivity index (χ3n) is 13.8. The molecule has 0 spiro atoms. The van der Waals surface area contributed by atoms with E-state index in [9.17, 15) is 107 Å². The Morgan fingerprint density at radius 2 is 0.800 bits per heavy atom. The lowest BCUT2D eigenvalue weighted by molar-refractivity contribution is -0.0228. The Morgan fingerprint density at radius 1 is 0.484 bits per heavy atom. The van der Waals surface area contributed by atoms with Crippen LogP contribution in [0.1, 0.15) is 68.9 Å². The molecule has 5 aliphatic rings. The van der Waals surface area contributed by atoms with Crippen molar-refractivity contribution in [2.45, 2.75) is 125 Å². The average molecular weight is 1540 g/mol. The highest BCUT2D eigenvalue weighted by atomic mass is 35.9. The molecular weight excluding hydrogens is 1480 g/mol. The maximum absolute atomic E-state index is 12.4. The molecule has 536 valence electrons. The van der Waals surface area contributed by atoms with Crippen LogP contribution in [0.15, 0.2) is 68.2 Å². The molecular formula is C45H65Cl2N4O37P7. The Bertz CT molecular complexity index is 3930. The Kier molecular flexibility index (Phi) is 27.5. The summed E-state index contributed by atoms with van der Waals surface area (Å²) in [5, 5.41) is 88.8. The molecule has 0 aliphatic carbocycles. The number of aliphatic hydroxyl groups excluding tert-OH is 9. The molecule has 50 heteroatoms. The minimum absolute atomic E-state index is 0.208. The number of pyridine rings is 4. The average Bonchev–Trinajstić information content (AvgIpc) is 1.78.